The molecule has 64 valence electrons. The van der Waals surface area contributed by atoms with Crippen molar-refractivity contribution < 1.29 is 9.21 Å². The molecule has 0 fully saturated rings. The molecule has 0 N–H and O–H groups in total. The number of hydrogen-bond acceptors (Lipinski definition) is 3. The lowest BCUT2D eigenvalue weighted by molar-refractivity contribution is 0.112. The van der Waals surface area contributed by atoms with Gasteiger partial charge in [-0.2, -0.15) is 0 Å². The molecular formula is C10H6O3. The van der Waals surface area contributed by atoms with Crippen LogP contribution in [0.2, 0.25) is 0 Å². The first-order valence-electron chi connectivity index (χ1n) is 3.79. The lowest BCUT2D eigenvalue weighted by atomic mass is 10.2. The van der Waals surface area contributed by atoms with Gasteiger partial charge < -0.3 is 4.42 Å². The third-order valence-corrected chi connectivity index (χ3v) is 1.78. The number of carbonyl (C=O) groups is 1. The van der Waals surface area contributed by atoms with Crippen molar-refractivity contribution in [2.45, 2.75) is 0 Å². The molecule has 0 unspecified atom stereocenters. The van der Waals surface area contributed by atoms with E-state index in [1.54, 1.807) is 24.3 Å². The Morgan fingerprint density at radius 2 is 1.92 bits per heavy atom. The van der Waals surface area contributed by atoms with Crippen LogP contribution < -0.4 is 5.63 Å². The predicted octanol–water partition coefficient (Wildman–Crippen LogP) is 1.61. The zero-order valence-corrected chi connectivity index (χ0v) is 6.69. The van der Waals surface area contributed by atoms with Gasteiger partial charge in [-0.3, -0.25) is 4.79 Å². The zero-order valence-electron chi connectivity index (χ0n) is 6.69. The van der Waals surface area contributed by atoms with Crippen LogP contribution in [0.3, 0.4) is 0 Å². The molecule has 0 aliphatic rings. The summed E-state index contributed by atoms with van der Waals surface area (Å²) in [6.45, 7) is 0. The van der Waals surface area contributed by atoms with Gasteiger partial charge in [0.05, 0.1) is 0 Å². The summed E-state index contributed by atoms with van der Waals surface area (Å²) < 4.78 is 4.89. The Balaban J connectivity index is 2.82. The van der Waals surface area contributed by atoms with E-state index >= 15 is 0 Å². The summed E-state index contributed by atoms with van der Waals surface area (Å²) in [6.07, 6.45) is 0.715. The summed E-state index contributed by atoms with van der Waals surface area (Å²) in [7, 11) is 0. The Morgan fingerprint density at radius 3 is 2.69 bits per heavy atom. The summed E-state index contributed by atoms with van der Waals surface area (Å²) in [5.74, 6) is 0. The SMILES string of the molecule is O=Cc1ccc2ccc(=O)oc2c1. The Bertz CT molecular complexity index is 511. The van der Waals surface area contributed by atoms with Gasteiger partial charge in [0.1, 0.15) is 11.9 Å². The van der Waals surface area contributed by atoms with Crippen molar-refractivity contribution in [3.8, 4) is 0 Å². The van der Waals surface area contributed by atoms with Crippen molar-refractivity contribution in [1.29, 1.82) is 0 Å². The lowest BCUT2D eigenvalue weighted by Gasteiger charge is -1.95. The summed E-state index contributed by atoms with van der Waals surface area (Å²) in [5.41, 5.74) is 0.537. The molecule has 2 rings (SSSR count). The second kappa shape index (κ2) is 2.86. The van der Waals surface area contributed by atoms with Crippen molar-refractivity contribution in [3.63, 3.8) is 0 Å². The molecule has 13 heavy (non-hydrogen) atoms. The Morgan fingerprint density at radius 1 is 1.15 bits per heavy atom. The monoisotopic (exact) mass is 174 g/mol. The highest BCUT2D eigenvalue weighted by Crippen LogP contribution is 2.12. The van der Waals surface area contributed by atoms with Crippen LogP contribution in [0.1, 0.15) is 10.4 Å². The van der Waals surface area contributed by atoms with Crippen LogP contribution >= 0.6 is 0 Å². The van der Waals surface area contributed by atoms with E-state index in [4.69, 9.17) is 4.42 Å². The molecule has 3 heteroatoms. The van der Waals surface area contributed by atoms with Gasteiger partial charge >= 0.3 is 5.63 Å². The highest BCUT2D eigenvalue weighted by Gasteiger charge is 1.97. The summed E-state index contributed by atoms with van der Waals surface area (Å²) in [6, 6.07) is 7.97. The smallest absolute Gasteiger partial charge is 0.336 e. The van der Waals surface area contributed by atoms with Crippen molar-refractivity contribution in [1.82, 2.24) is 0 Å². The third kappa shape index (κ3) is 1.36. The van der Waals surface area contributed by atoms with E-state index in [-0.39, 0.29) is 0 Å². The van der Waals surface area contributed by atoms with Gasteiger partial charge in [-0.25, -0.2) is 4.79 Å². The molecule has 0 atom stereocenters. The van der Waals surface area contributed by atoms with E-state index in [1.807, 2.05) is 0 Å². The average Bonchev–Trinajstić information content (AvgIpc) is 2.16. The minimum atomic E-state index is -0.407. The number of benzene rings is 1. The average molecular weight is 174 g/mol. The second-order valence-corrected chi connectivity index (χ2v) is 2.67. The van der Waals surface area contributed by atoms with Crippen molar-refractivity contribution in [2.75, 3.05) is 0 Å². The molecule has 0 saturated heterocycles. The number of hydrogen-bond donors (Lipinski definition) is 0. The van der Waals surface area contributed by atoms with Crippen LogP contribution in [-0.4, -0.2) is 6.29 Å². The molecule has 1 aromatic heterocycles. The first kappa shape index (κ1) is 7.73. The molecule has 0 aliphatic carbocycles. The molecule has 0 amide bonds. The molecule has 0 saturated carbocycles. The molecule has 0 bridgehead atoms. The fraction of sp³-hybridized carbons (Fsp3) is 0. The van der Waals surface area contributed by atoms with E-state index < -0.39 is 5.63 Å². The van der Waals surface area contributed by atoms with Gasteiger partial charge in [0, 0.05) is 17.0 Å². The minimum absolute atomic E-state index is 0.407. The highest BCUT2D eigenvalue weighted by atomic mass is 16.4. The molecule has 0 radical (unpaired) electrons. The van der Waals surface area contributed by atoms with Gasteiger partial charge in [-0.05, 0) is 12.1 Å². The maximum atomic E-state index is 10.8. The van der Waals surface area contributed by atoms with Crippen molar-refractivity contribution >= 4 is 17.3 Å². The molecule has 0 aliphatic heterocycles. The number of fused-ring (bicyclic) bond motifs is 1. The van der Waals surface area contributed by atoms with Gasteiger partial charge in [0.2, 0.25) is 0 Å². The molecule has 0 spiro atoms. The fourth-order valence-electron chi connectivity index (χ4n) is 1.15. The van der Waals surface area contributed by atoms with Crippen LogP contribution in [0.25, 0.3) is 11.0 Å². The summed E-state index contributed by atoms with van der Waals surface area (Å²) in [5, 5.41) is 0.810. The lowest BCUT2D eigenvalue weighted by Crippen LogP contribution is -1.94. The second-order valence-electron chi connectivity index (χ2n) is 2.67. The van der Waals surface area contributed by atoms with Crippen LogP contribution in [0.15, 0.2) is 39.5 Å². The van der Waals surface area contributed by atoms with E-state index in [2.05, 4.69) is 0 Å². The van der Waals surface area contributed by atoms with Crippen molar-refractivity contribution in [3.05, 3.63) is 46.3 Å². The van der Waals surface area contributed by atoms with E-state index in [1.165, 1.54) is 6.07 Å². The maximum Gasteiger partial charge on any atom is 0.336 e. The largest absolute Gasteiger partial charge is 0.423 e. The van der Waals surface area contributed by atoms with Gasteiger partial charge in [0.25, 0.3) is 0 Å². The minimum Gasteiger partial charge on any atom is -0.423 e. The zero-order chi connectivity index (χ0) is 9.26. The quantitative estimate of drug-likeness (QED) is 0.487. The molecule has 3 nitrogen and oxygen atoms in total. The van der Waals surface area contributed by atoms with Gasteiger partial charge in [0.15, 0.2) is 0 Å². The Labute approximate surface area is 73.6 Å². The van der Waals surface area contributed by atoms with E-state index in [9.17, 15) is 9.59 Å². The summed E-state index contributed by atoms with van der Waals surface area (Å²) in [4.78, 5) is 21.2. The van der Waals surface area contributed by atoms with Gasteiger partial charge in [-0.1, -0.05) is 12.1 Å². The first-order chi connectivity index (χ1) is 6.29. The Hall–Kier alpha value is -1.90. The molecular weight excluding hydrogens is 168 g/mol. The summed E-state index contributed by atoms with van der Waals surface area (Å²) >= 11 is 0. The number of rotatable bonds is 1. The number of aldehydes is 1. The molecule has 1 aromatic carbocycles. The Kier molecular flexibility index (Phi) is 1.70. The molecule has 1 heterocycles. The van der Waals surface area contributed by atoms with Gasteiger partial charge in [-0.15, -0.1) is 0 Å². The topological polar surface area (TPSA) is 47.3 Å². The van der Waals surface area contributed by atoms with E-state index in [0.717, 1.165) is 5.39 Å². The van der Waals surface area contributed by atoms with Crippen LogP contribution in [0.4, 0.5) is 0 Å². The first-order valence-corrected chi connectivity index (χ1v) is 3.79. The standard InChI is InChI=1S/C10H6O3/c11-6-7-1-2-8-3-4-10(12)13-9(8)5-7/h1-6H. The highest BCUT2D eigenvalue weighted by molar-refractivity contribution is 5.85. The third-order valence-electron chi connectivity index (χ3n) is 1.78. The predicted molar refractivity (Wildman–Crippen MR) is 47.9 cm³/mol. The van der Waals surface area contributed by atoms with E-state index in [0.29, 0.717) is 17.4 Å². The fourth-order valence-corrected chi connectivity index (χ4v) is 1.15. The normalized spacial score (nSPS) is 10.2. The number of carbonyl (C=O) groups excluding carboxylic acids is 1. The van der Waals surface area contributed by atoms with Crippen molar-refractivity contribution in [2.24, 2.45) is 0 Å². The van der Waals surface area contributed by atoms with Crippen LogP contribution in [0.5, 0.6) is 0 Å². The van der Waals surface area contributed by atoms with Crippen LogP contribution in [0, 0.1) is 0 Å². The molecule has 2 aromatic rings. The van der Waals surface area contributed by atoms with Crippen LogP contribution in [-0.2, 0) is 0 Å². The maximum absolute atomic E-state index is 10.8.